The van der Waals surface area contributed by atoms with E-state index >= 15 is 0 Å². The number of allylic oxidation sites excluding steroid dienone is 4. The molecule has 1 saturated heterocycles. The van der Waals surface area contributed by atoms with Gasteiger partial charge in [0.1, 0.15) is 6.79 Å². The van der Waals surface area contributed by atoms with E-state index in [1.165, 1.54) is 0 Å². The molecule has 0 radical (unpaired) electrons. The molecular weight excluding hydrogens is 404 g/mol. The molecule has 4 aliphatic carbocycles. The maximum atomic E-state index is 13.7. The first kappa shape index (κ1) is 22.5. The summed E-state index contributed by atoms with van der Waals surface area (Å²) in [5, 5.41) is 11.9. The van der Waals surface area contributed by atoms with E-state index in [1.54, 1.807) is 12.2 Å². The Bertz CT molecular complexity index is 919. The minimum Gasteiger partial charge on any atom is -0.392 e. The first-order valence-electron chi connectivity index (χ1n) is 12.3. The van der Waals surface area contributed by atoms with Crippen LogP contribution >= 0.6 is 0 Å². The van der Waals surface area contributed by atoms with Crippen molar-refractivity contribution >= 4 is 11.6 Å². The summed E-state index contributed by atoms with van der Waals surface area (Å²) in [6.45, 7) is 13.1. The molecule has 0 amide bonds. The van der Waals surface area contributed by atoms with Crippen molar-refractivity contribution in [2.24, 2.45) is 39.9 Å². The molecule has 5 aliphatic rings. The van der Waals surface area contributed by atoms with Crippen molar-refractivity contribution in [1.82, 2.24) is 0 Å². The summed E-state index contributed by atoms with van der Waals surface area (Å²) in [6.07, 6.45) is 7.32. The largest absolute Gasteiger partial charge is 0.392 e. The van der Waals surface area contributed by atoms with E-state index in [9.17, 15) is 14.7 Å². The highest BCUT2D eigenvalue weighted by atomic mass is 16.7. The third-order valence-corrected chi connectivity index (χ3v) is 10.5. The van der Waals surface area contributed by atoms with Crippen LogP contribution in [0.2, 0.25) is 0 Å². The smallest absolute Gasteiger partial charge is 0.178 e. The lowest BCUT2D eigenvalue weighted by atomic mass is 9.38. The Morgan fingerprint density at radius 3 is 2.62 bits per heavy atom. The number of ether oxygens (including phenoxy) is 2. The average molecular weight is 443 g/mol. The van der Waals surface area contributed by atoms with Gasteiger partial charge in [-0.2, -0.15) is 0 Å². The standard InChI is InChI=1S/C27H38O5/c1-15(2)9-21(29)27-23(31-14-32-27)12-19-20-10-16(3)18-11-17(28)7-8-24(18,4)26(20,6)22(30)13-25(19,27)5/h7-8,11,15-16,19-20,22-23,30H,9-10,12-14H2,1-6H3/t16-,19?,20?,22?,23+,24?,25?,26+,27+/m0/s1. The van der Waals surface area contributed by atoms with Gasteiger partial charge < -0.3 is 14.6 Å². The summed E-state index contributed by atoms with van der Waals surface area (Å²) in [5.74, 6) is 1.07. The molecule has 5 nitrogen and oxygen atoms in total. The summed E-state index contributed by atoms with van der Waals surface area (Å²) < 4.78 is 12.3. The number of rotatable bonds is 3. The summed E-state index contributed by atoms with van der Waals surface area (Å²) >= 11 is 0. The minimum atomic E-state index is -0.969. The van der Waals surface area contributed by atoms with Crippen molar-refractivity contribution in [3.8, 4) is 0 Å². The lowest BCUT2D eigenvalue weighted by Gasteiger charge is -2.66. The summed E-state index contributed by atoms with van der Waals surface area (Å²) in [6, 6.07) is 0. The fraction of sp³-hybridized carbons (Fsp3) is 0.778. The minimum absolute atomic E-state index is 0.0388. The molecular formula is C27H38O5. The Hall–Kier alpha value is -1.30. The topological polar surface area (TPSA) is 72.8 Å². The predicted octanol–water partition coefficient (Wildman–Crippen LogP) is 4.24. The quantitative estimate of drug-likeness (QED) is 0.708. The number of hydrogen-bond acceptors (Lipinski definition) is 5. The van der Waals surface area contributed by atoms with Gasteiger partial charge in [0.2, 0.25) is 0 Å². The van der Waals surface area contributed by atoms with Crippen molar-refractivity contribution in [2.75, 3.05) is 6.79 Å². The van der Waals surface area contributed by atoms with Gasteiger partial charge in [0.05, 0.1) is 12.2 Å². The molecule has 0 bridgehead atoms. The second-order valence-electron chi connectivity index (χ2n) is 12.2. The maximum absolute atomic E-state index is 13.7. The molecule has 0 aromatic heterocycles. The average Bonchev–Trinajstić information content (AvgIpc) is 3.23. The van der Waals surface area contributed by atoms with Crippen molar-refractivity contribution in [3.05, 3.63) is 23.8 Å². The number of aliphatic hydroxyl groups excluding tert-OH is 1. The van der Waals surface area contributed by atoms with Crippen LogP contribution in [0.4, 0.5) is 0 Å². The molecule has 5 rings (SSSR count). The van der Waals surface area contributed by atoms with Gasteiger partial charge >= 0.3 is 0 Å². The molecule has 0 aromatic carbocycles. The summed E-state index contributed by atoms with van der Waals surface area (Å²) in [4.78, 5) is 25.9. The Labute approximate surface area is 191 Å². The molecule has 1 heterocycles. The van der Waals surface area contributed by atoms with Crippen molar-refractivity contribution in [2.45, 2.75) is 85.0 Å². The molecule has 5 unspecified atom stereocenters. The van der Waals surface area contributed by atoms with Crippen molar-refractivity contribution in [1.29, 1.82) is 0 Å². The SMILES string of the molecule is CC(C)CC(=O)[C@@]12OCO[C@@H]1CC1C3C[C@H](C)C4=CC(=O)C=CC4(C)[C@@]3(C)C(O)CC12C. The van der Waals surface area contributed by atoms with E-state index in [1.807, 2.05) is 6.08 Å². The van der Waals surface area contributed by atoms with E-state index in [2.05, 4.69) is 41.5 Å². The normalized spacial score (nSPS) is 51.7. The van der Waals surface area contributed by atoms with Crippen LogP contribution in [0.5, 0.6) is 0 Å². The van der Waals surface area contributed by atoms with E-state index in [-0.39, 0.29) is 48.1 Å². The van der Waals surface area contributed by atoms with Crippen LogP contribution < -0.4 is 0 Å². The highest BCUT2D eigenvalue weighted by Gasteiger charge is 2.77. The Morgan fingerprint density at radius 2 is 1.94 bits per heavy atom. The molecule has 32 heavy (non-hydrogen) atoms. The van der Waals surface area contributed by atoms with Gasteiger partial charge in [-0.1, -0.05) is 53.2 Å². The number of hydrogen-bond donors (Lipinski definition) is 1. The zero-order chi connectivity index (χ0) is 23.3. The van der Waals surface area contributed by atoms with E-state index < -0.39 is 27.9 Å². The summed E-state index contributed by atoms with van der Waals surface area (Å²) in [7, 11) is 0. The molecule has 3 saturated carbocycles. The Balaban J connectivity index is 1.62. The Kier molecular flexibility index (Phi) is 4.82. The fourth-order valence-electron chi connectivity index (χ4n) is 8.73. The fourth-order valence-corrected chi connectivity index (χ4v) is 8.73. The number of aliphatic hydroxyl groups is 1. The third kappa shape index (κ3) is 2.46. The van der Waals surface area contributed by atoms with Gasteiger partial charge in [0, 0.05) is 22.7 Å². The predicted molar refractivity (Wildman–Crippen MR) is 121 cm³/mol. The molecule has 5 heteroatoms. The van der Waals surface area contributed by atoms with Crippen molar-refractivity contribution < 1.29 is 24.2 Å². The van der Waals surface area contributed by atoms with Crippen molar-refractivity contribution in [3.63, 3.8) is 0 Å². The van der Waals surface area contributed by atoms with Gasteiger partial charge in [0.15, 0.2) is 17.2 Å². The van der Waals surface area contributed by atoms with Gasteiger partial charge in [-0.3, -0.25) is 9.59 Å². The van der Waals surface area contributed by atoms with Gasteiger partial charge in [-0.05, 0) is 55.1 Å². The second kappa shape index (κ2) is 6.86. The van der Waals surface area contributed by atoms with E-state index in [0.717, 1.165) is 18.4 Å². The molecule has 0 spiro atoms. The highest BCUT2D eigenvalue weighted by Crippen LogP contribution is 2.73. The van der Waals surface area contributed by atoms with Crippen LogP contribution in [0.25, 0.3) is 0 Å². The number of Topliss-reactive ketones (excluding diaryl/α,β-unsaturated/α-hetero) is 1. The monoisotopic (exact) mass is 442 g/mol. The van der Waals surface area contributed by atoms with Crippen LogP contribution in [0.1, 0.15) is 67.2 Å². The summed E-state index contributed by atoms with van der Waals surface area (Å²) in [5.41, 5.74) is -1.12. The number of fused-ring (bicyclic) bond motifs is 7. The zero-order valence-electron chi connectivity index (χ0n) is 20.3. The van der Waals surface area contributed by atoms with Gasteiger partial charge in [-0.25, -0.2) is 0 Å². The molecule has 176 valence electrons. The first-order valence-corrected chi connectivity index (χ1v) is 12.3. The van der Waals surface area contributed by atoms with Crippen LogP contribution in [0, 0.1) is 39.9 Å². The maximum Gasteiger partial charge on any atom is 0.178 e. The van der Waals surface area contributed by atoms with Crippen LogP contribution in [0.3, 0.4) is 0 Å². The lowest BCUT2D eigenvalue weighted by molar-refractivity contribution is -0.214. The molecule has 0 aromatic rings. The number of carbonyl (C=O) groups is 2. The van der Waals surface area contributed by atoms with Crippen LogP contribution in [0.15, 0.2) is 23.8 Å². The van der Waals surface area contributed by atoms with Crippen LogP contribution in [-0.2, 0) is 19.1 Å². The zero-order valence-corrected chi connectivity index (χ0v) is 20.3. The molecule has 9 atom stereocenters. The third-order valence-electron chi connectivity index (χ3n) is 10.5. The molecule has 4 fully saturated rings. The molecule has 1 aliphatic heterocycles. The van der Waals surface area contributed by atoms with Gasteiger partial charge in [-0.15, -0.1) is 0 Å². The van der Waals surface area contributed by atoms with E-state index in [0.29, 0.717) is 12.8 Å². The van der Waals surface area contributed by atoms with E-state index in [4.69, 9.17) is 9.47 Å². The lowest BCUT2D eigenvalue weighted by Crippen LogP contribution is -2.67. The first-order chi connectivity index (χ1) is 14.9. The number of carbonyl (C=O) groups excluding carboxylic acids is 2. The van der Waals surface area contributed by atoms with Gasteiger partial charge in [0.25, 0.3) is 0 Å². The highest BCUT2D eigenvalue weighted by molar-refractivity contribution is 6.01. The Morgan fingerprint density at radius 1 is 1.22 bits per heavy atom. The number of ketones is 2. The van der Waals surface area contributed by atoms with Crippen LogP contribution in [-0.4, -0.2) is 41.3 Å². The second-order valence-corrected chi connectivity index (χ2v) is 12.2. The molecule has 1 N–H and O–H groups in total.